The van der Waals surface area contributed by atoms with Gasteiger partial charge in [0.25, 0.3) is 0 Å². The van der Waals surface area contributed by atoms with Crippen LogP contribution in [0.2, 0.25) is 0 Å². The van der Waals surface area contributed by atoms with Gasteiger partial charge in [-0.1, -0.05) is 0 Å². The molecule has 6 heterocycles. The SMILES string of the molecule is O=C(Nc1ccc(CCNc2ncnc3ccsc23)s1)Nc1ccc(CCNc2ncnc3ccsc23)s1. The topological polar surface area (TPSA) is 117 Å². The van der Waals surface area contributed by atoms with Crippen molar-refractivity contribution in [3.63, 3.8) is 0 Å². The zero-order valence-corrected chi connectivity index (χ0v) is 23.2. The van der Waals surface area contributed by atoms with Gasteiger partial charge in [0.15, 0.2) is 0 Å². The molecule has 0 bridgehead atoms. The number of nitrogens with zero attached hydrogens (tertiary/aromatic N) is 4. The number of urea groups is 1. The van der Waals surface area contributed by atoms with Crippen LogP contribution in [0.15, 0.2) is 59.8 Å². The Morgan fingerprint density at radius 2 is 1.16 bits per heavy atom. The Bertz CT molecular complexity index is 1560. The number of hydrogen-bond donors (Lipinski definition) is 4. The fourth-order valence-electron chi connectivity index (χ4n) is 3.85. The third-order valence-electron chi connectivity index (χ3n) is 5.61. The van der Waals surface area contributed by atoms with E-state index >= 15 is 0 Å². The zero-order valence-electron chi connectivity index (χ0n) is 19.9. The molecule has 0 atom stereocenters. The molecule has 6 aromatic heterocycles. The summed E-state index contributed by atoms with van der Waals surface area (Å²) >= 11 is 6.40. The van der Waals surface area contributed by atoms with E-state index in [1.165, 1.54) is 9.75 Å². The first kappa shape index (κ1) is 24.7. The summed E-state index contributed by atoms with van der Waals surface area (Å²) in [5, 5.41) is 18.3. The molecule has 0 aliphatic rings. The largest absolute Gasteiger partial charge is 0.368 e. The lowest BCUT2D eigenvalue weighted by Gasteiger charge is -2.05. The van der Waals surface area contributed by atoms with Crippen LogP contribution in [0.1, 0.15) is 9.75 Å². The van der Waals surface area contributed by atoms with Gasteiger partial charge in [0.05, 0.1) is 30.4 Å². The van der Waals surface area contributed by atoms with Crippen molar-refractivity contribution in [1.82, 2.24) is 19.9 Å². The molecule has 0 aliphatic carbocycles. The Morgan fingerprint density at radius 1 is 0.658 bits per heavy atom. The fraction of sp³-hybridized carbons (Fsp3) is 0.160. The molecule has 0 unspecified atom stereocenters. The number of carbonyl (C=O) groups is 1. The van der Waals surface area contributed by atoms with Crippen molar-refractivity contribution in [1.29, 1.82) is 0 Å². The summed E-state index contributed by atoms with van der Waals surface area (Å²) in [5.41, 5.74) is 1.91. The van der Waals surface area contributed by atoms with Crippen LogP contribution >= 0.6 is 45.3 Å². The highest BCUT2D eigenvalue weighted by atomic mass is 32.1. The number of carbonyl (C=O) groups excluding carboxylic acids is 1. The van der Waals surface area contributed by atoms with Crippen LogP contribution in [-0.2, 0) is 12.8 Å². The molecule has 13 heteroatoms. The molecule has 0 radical (unpaired) electrons. The maximum Gasteiger partial charge on any atom is 0.324 e. The fourth-order valence-corrected chi connectivity index (χ4v) is 7.28. The molecule has 0 spiro atoms. The standard InChI is InChI=1S/C25H22N8OS4/c34-25(32-19-3-1-15(37-19)5-9-26-23-21-17(7-11-35-21)28-13-30-23)33-20-4-2-16(38-20)6-10-27-24-22-18(8-12-36-22)29-14-31-24/h1-4,7-8,11-14H,5-6,9-10H2,(H,26,28,30)(H,27,29,31)(H2,32,33,34). The van der Waals surface area contributed by atoms with Crippen molar-refractivity contribution in [2.24, 2.45) is 0 Å². The van der Waals surface area contributed by atoms with Crippen molar-refractivity contribution >= 4 is 93.4 Å². The normalized spacial score (nSPS) is 11.2. The van der Waals surface area contributed by atoms with Crippen LogP contribution in [0, 0.1) is 0 Å². The Kier molecular flexibility index (Phi) is 7.40. The van der Waals surface area contributed by atoms with E-state index in [9.17, 15) is 4.79 Å². The number of nitrogens with one attached hydrogen (secondary N) is 4. The van der Waals surface area contributed by atoms with Gasteiger partial charge in [-0.2, -0.15) is 0 Å². The quantitative estimate of drug-likeness (QED) is 0.142. The molecule has 6 rings (SSSR count). The predicted octanol–water partition coefficient (Wildman–Crippen LogP) is 6.77. The summed E-state index contributed by atoms with van der Waals surface area (Å²) in [4.78, 5) is 32.1. The predicted molar refractivity (Wildman–Crippen MR) is 160 cm³/mol. The molecule has 6 aromatic rings. The number of anilines is 4. The number of rotatable bonds is 10. The van der Waals surface area contributed by atoms with Gasteiger partial charge in [0.1, 0.15) is 24.3 Å². The van der Waals surface area contributed by atoms with Crippen LogP contribution in [0.5, 0.6) is 0 Å². The highest BCUT2D eigenvalue weighted by Gasteiger charge is 2.10. The summed E-state index contributed by atoms with van der Waals surface area (Å²) in [6.45, 7) is 1.50. The summed E-state index contributed by atoms with van der Waals surface area (Å²) < 4.78 is 2.13. The molecule has 192 valence electrons. The van der Waals surface area contributed by atoms with Gasteiger partial charge in [-0.3, -0.25) is 10.6 Å². The molecular weight excluding hydrogens is 557 g/mol. The third-order valence-corrected chi connectivity index (χ3v) is 9.55. The Labute approximate surface area is 234 Å². The third kappa shape index (κ3) is 5.75. The van der Waals surface area contributed by atoms with Gasteiger partial charge in [-0.15, -0.1) is 45.3 Å². The molecular formula is C25H22N8OS4. The number of thiophene rings is 4. The van der Waals surface area contributed by atoms with E-state index in [1.54, 1.807) is 58.0 Å². The van der Waals surface area contributed by atoms with Crippen LogP contribution in [0.4, 0.5) is 26.4 Å². The highest BCUT2D eigenvalue weighted by molar-refractivity contribution is 7.18. The molecule has 0 saturated carbocycles. The van der Waals surface area contributed by atoms with E-state index in [1.807, 2.05) is 47.2 Å². The first-order valence-corrected chi connectivity index (χ1v) is 15.2. The molecule has 0 saturated heterocycles. The molecule has 2 amide bonds. The first-order valence-electron chi connectivity index (χ1n) is 11.8. The second-order valence-electron chi connectivity index (χ2n) is 8.18. The van der Waals surface area contributed by atoms with Gasteiger partial charge in [-0.05, 0) is 60.0 Å². The van der Waals surface area contributed by atoms with E-state index < -0.39 is 0 Å². The molecule has 0 aromatic carbocycles. The summed E-state index contributed by atoms with van der Waals surface area (Å²) in [7, 11) is 0. The number of amides is 2. The van der Waals surface area contributed by atoms with Crippen molar-refractivity contribution in [3.8, 4) is 0 Å². The van der Waals surface area contributed by atoms with Crippen LogP contribution in [0.25, 0.3) is 20.4 Å². The van der Waals surface area contributed by atoms with Crippen molar-refractivity contribution in [2.45, 2.75) is 12.8 Å². The van der Waals surface area contributed by atoms with E-state index in [-0.39, 0.29) is 6.03 Å². The van der Waals surface area contributed by atoms with Gasteiger partial charge < -0.3 is 10.6 Å². The van der Waals surface area contributed by atoms with E-state index in [2.05, 4.69) is 41.2 Å². The van der Waals surface area contributed by atoms with Gasteiger partial charge in [-0.25, -0.2) is 24.7 Å². The summed E-state index contributed by atoms with van der Waals surface area (Å²) in [5.74, 6) is 1.72. The number of fused-ring (bicyclic) bond motifs is 2. The summed E-state index contributed by atoms with van der Waals surface area (Å²) in [6, 6.07) is 11.7. The van der Waals surface area contributed by atoms with Crippen molar-refractivity contribution in [2.75, 3.05) is 34.4 Å². The van der Waals surface area contributed by atoms with Crippen molar-refractivity contribution < 1.29 is 4.79 Å². The van der Waals surface area contributed by atoms with Gasteiger partial charge in [0, 0.05) is 22.8 Å². The molecule has 4 N–H and O–H groups in total. The molecule has 9 nitrogen and oxygen atoms in total. The number of aromatic nitrogens is 4. The maximum atomic E-state index is 12.5. The average molecular weight is 579 g/mol. The Morgan fingerprint density at radius 3 is 1.66 bits per heavy atom. The van der Waals surface area contributed by atoms with E-state index in [0.717, 1.165) is 68.0 Å². The molecule has 38 heavy (non-hydrogen) atoms. The summed E-state index contributed by atoms with van der Waals surface area (Å²) in [6.07, 6.45) is 4.83. The van der Waals surface area contributed by atoms with Crippen molar-refractivity contribution in [3.05, 3.63) is 69.6 Å². The van der Waals surface area contributed by atoms with E-state index in [0.29, 0.717) is 0 Å². The van der Waals surface area contributed by atoms with Crippen LogP contribution in [-0.4, -0.2) is 39.1 Å². The zero-order chi connectivity index (χ0) is 25.7. The minimum atomic E-state index is -0.245. The minimum absolute atomic E-state index is 0.245. The number of hydrogen-bond acceptors (Lipinski definition) is 11. The van der Waals surface area contributed by atoms with Crippen LogP contribution < -0.4 is 21.3 Å². The highest BCUT2D eigenvalue weighted by Crippen LogP contribution is 2.28. The second-order valence-corrected chi connectivity index (χ2v) is 12.3. The first-order chi connectivity index (χ1) is 18.7. The van der Waals surface area contributed by atoms with Gasteiger partial charge in [0.2, 0.25) is 0 Å². The minimum Gasteiger partial charge on any atom is -0.368 e. The lowest BCUT2D eigenvalue weighted by molar-refractivity contribution is 0.262. The van der Waals surface area contributed by atoms with Gasteiger partial charge >= 0.3 is 6.03 Å². The van der Waals surface area contributed by atoms with Crippen LogP contribution in [0.3, 0.4) is 0 Å². The molecule has 0 aliphatic heterocycles. The lowest BCUT2D eigenvalue weighted by atomic mass is 10.3. The smallest absolute Gasteiger partial charge is 0.324 e. The maximum absolute atomic E-state index is 12.5. The lowest BCUT2D eigenvalue weighted by Crippen LogP contribution is -2.17. The average Bonchev–Trinajstić information content (AvgIpc) is 3.72. The molecule has 0 fully saturated rings. The Balaban J connectivity index is 0.951. The monoisotopic (exact) mass is 578 g/mol. The second kappa shape index (κ2) is 11.4. The van der Waals surface area contributed by atoms with E-state index in [4.69, 9.17) is 0 Å². The Hall–Kier alpha value is -3.65.